The van der Waals surface area contributed by atoms with Crippen molar-refractivity contribution in [1.82, 2.24) is 15.6 Å². The lowest BCUT2D eigenvalue weighted by atomic mass is 10.1. The largest absolute Gasteiger partial charge is 0.381 e. The zero-order valence-corrected chi connectivity index (χ0v) is 12.8. The molecule has 2 amide bonds. The van der Waals surface area contributed by atoms with Crippen molar-refractivity contribution >= 4 is 17.4 Å². The summed E-state index contributed by atoms with van der Waals surface area (Å²) in [6, 6.07) is 0.160. The van der Waals surface area contributed by atoms with Gasteiger partial charge in [-0.1, -0.05) is 6.92 Å². The summed E-state index contributed by atoms with van der Waals surface area (Å²) in [6.45, 7) is 4.30. The molecule has 0 radical (unpaired) electrons. The van der Waals surface area contributed by atoms with Crippen LogP contribution in [0.3, 0.4) is 0 Å². The van der Waals surface area contributed by atoms with Gasteiger partial charge in [-0.3, -0.25) is 0 Å². The van der Waals surface area contributed by atoms with E-state index < -0.39 is 0 Å². The van der Waals surface area contributed by atoms with Gasteiger partial charge in [0.05, 0.1) is 5.01 Å². The van der Waals surface area contributed by atoms with Crippen molar-refractivity contribution < 1.29 is 9.53 Å². The van der Waals surface area contributed by atoms with E-state index in [9.17, 15) is 4.79 Å². The first kappa shape index (κ1) is 15.3. The third kappa shape index (κ3) is 5.09. The minimum absolute atomic E-state index is 0.0795. The molecule has 1 fully saturated rings. The van der Waals surface area contributed by atoms with E-state index in [0.29, 0.717) is 6.54 Å². The molecule has 1 saturated heterocycles. The second-order valence-electron chi connectivity index (χ2n) is 4.96. The molecule has 1 atom stereocenters. The molecule has 2 N–H and O–H groups in total. The fourth-order valence-electron chi connectivity index (χ4n) is 2.19. The van der Waals surface area contributed by atoms with Crippen molar-refractivity contribution in [1.29, 1.82) is 0 Å². The van der Waals surface area contributed by atoms with Gasteiger partial charge in [0.15, 0.2) is 0 Å². The summed E-state index contributed by atoms with van der Waals surface area (Å²) in [5, 5.41) is 7.00. The number of hydrogen-bond acceptors (Lipinski definition) is 4. The van der Waals surface area contributed by atoms with Crippen LogP contribution >= 0.6 is 11.3 Å². The smallest absolute Gasteiger partial charge is 0.315 e. The molecule has 0 saturated carbocycles. The lowest BCUT2D eigenvalue weighted by Gasteiger charge is -2.15. The molecule has 0 spiro atoms. The van der Waals surface area contributed by atoms with Crippen molar-refractivity contribution in [2.75, 3.05) is 19.8 Å². The van der Waals surface area contributed by atoms with Crippen LogP contribution in [0.4, 0.5) is 4.79 Å². The quantitative estimate of drug-likeness (QED) is 0.875. The zero-order chi connectivity index (χ0) is 14.2. The molecule has 1 aliphatic heterocycles. The molecular formula is C14H23N3O2S. The van der Waals surface area contributed by atoms with E-state index in [2.05, 4.69) is 22.5 Å². The molecule has 112 valence electrons. The molecule has 1 aromatic heterocycles. The third-order valence-corrected chi connectivity index (χ3v) is 4.56. The molecule has 0 bridgehead atoms. The van der Waals surface area contributed by atoms with Gasteiger partial charge in [0.25, 0.3) is 0 Å². The Labute approximate surface area is 124 Å². The van der Waals surface area contributed by atoms with Crippen LogP contribution in [0, 0.1) is 0 Å². The first-order valence-corrected chi connectivity index (χ1v) is 8.15. The average Bonchev–Trinajstić information content (AvgIpc) is 2.75. The van der Waals surface area contributed by atoms with Gasteiger partial charge in [0.1, 0.15) is 0 Å². The predicted molar refractivity (Wildman–Crippen MR) is 80.2 cm³/mol. The molecule has 1 aliphatic rings. The number of carbonyl (C=O) groups is 1. The minimum atomic E-state index is -0.0795. The minimum Gasteiger partial charge on any atom is -0.381 e. The van der Waals surface area contributed by atoms with Crippen molar-refractivity contribution in [2.24, 2.45) is 0 Å². The Morgan fingerprint density at radius 3 is 3.20 bits per heavy atom. The standard InChI is InChI=1S/C14H23N3O2S/c1-2-12-10-16-13(20-12)5-7-15-14(18)17-11-4-3-8-19-9-6-11/h10-11H,2-9H2,1H3,(H2,15,17,18). The fourth-order valence-corrected chi connectivity index (χ4v) is 3.06. The molecule has 1 aromatic rings. The monoisotopic (exact) mass is 297 g/mol. The van der Waals surface area contributed by atoms with Crippen LogP contribution in [0.1, 0.15) is 36.1 Å². The Balaban J connectivity index is 1.64. The summed E-state index contributed by atoms with van der Waals surface area (Å²) in [5.41, 5.74) is 0. The number of carbonyl (C=O) groups excluding carboxylic acids is 1. The van der Waals surface area contributed by atoms with Gasteiger partial charge in [-0.15, -0.1) is 11.3 Å². The number of aryl methyl sites for hydroxylation is 1. The number of nitrogens with one attached hydrogen (secondary N) is 2. The number of thiazole rings is 1. The number of amides is 2. The maximum Gasteiger partial charge on any atom is 0.315 e. The lowest BCUT2D eigenvalue weighted by molar-refractivity contribution is 0.143. The van der Waals surface area contributed by atoms with E-state index in [-0.39, 0.29) is 12.1 Å². The van der Waals surface area contributed by atoms with Crippen LogP contribution in [0.15, 0.2) is 6.20 Å². The SMILES string of the molecule is CCc1cnc(CCNC(=O)NC2CCCOCC2)s1. The van der Waals surface area contributed by atoms with Gasteiger partial charge >= 0.3 is 6.03 Å². The summed E-state index contributed by atoms with van der Waals surface area (Å²) in [6.07, 6.45) is 6.66. The summed E-state index contributed by atoms with van der Waals surface area (Å²) in [4.78, 5) is 17.4. The van der Waals surface area contributed by atoms with Gasteiger partial charge in [0, 0.05) is 43.3 Å². The highest BCUT2D eigenvalue weighted by Gasteiger charge is 2.14. The van der Waals surface area contributed by atoms with Crippen LogP contribution in [-0.2, 0) is 17.6 Å². The molecule has 1 unspecified atom stereocenters. The topological polar surface area (TPSA) is 63.2 Å². The Kier molecular flexibility index (Phi) is 6.26. The summed E-state index contributed by atoms with van der Waals surface area (Å²) in [5.74, 6) is 0. The van der Waals surface area contributed by atoms with E-state index in [1.165, 1.54) is 4.88 Å². The number of nitrogens with zero attached hydrogens (tertiary/aromatic N) is 1. The molecule has 0 aliphatic carbocycles. The second-order valence-corrected chi connectivity index (χ2v) is 6.16. The summed E-state index contributed by atoms with van der Waals surface area (Å²) < 4.78 is 5.38. The van der Waals surface area contributed by atoms with E-state index in [4.69, 9.17) is 4.74 Å². The maximum absolute atomic E-state index is 11.8. The van der Waals surface area contributed by atoms with E-state index in [1.54, 1.807) is 11.3 Å². The molecular weight excluding hydrogens is 274 g/mol. The Morgan fingerprint density at radius 1 is 1.50 bits per heavy atom. The molecule has 5 nitrogen and oxygen atoms in total. The molecule has 0 aromatic carbocycles. The fraction of sp³-hybridized carbons (Fsp3) is 0.714. The number of hydrogen-bond donors (Lipinski definition) is 2. The Morgan fingerprint density at radius 2 is 2.40 bits per heavy atom. The highest BCUT2D eigenvalue weighted by molar-refractivity contribution is 7.11. The maximum atomic E-state index is 11.8. The average molecular weight is 297 g/mol. The Bertz CT molecular complexity index is 414. The number of rotatable bonds is 5. The third-order valence-electron chi connectivity index (χ3n) is 3.36. The first-order chi connectivity index (χ1) is 9.78. The highest BCUT2D eigenvalue weighted by Crippen LogP contribution is 2.13. The van der Waals surface area contributed by atoms with Crippen LogP contribution in [0.25, 0.3) is 0 Å². The van der Waals surface area contributed by atoms with Crippen molar-refractivity contribution in [3.63, 3.8) is 0 Å². The van der Waals surface area contributed by atoms with Gasteiger partial charge < -0.3 is 15.4 Å². The zero-order valence-electron chi connectivity index (χ0n) is 12.0. The Hall–Kier alpha value is -1.14. The van der Waals surface area contributed by atoms with Gasteiger partial charge in [0.2, 0.25) is 0 Å². The number of aromatic nitrogens is 1. The summed E-state index contributed by atoms with van der Waals surface area (Å²) in [7, 11) is 0. The highest BCUT2D eigenvalue weighted by atomic mass is 32.1. The van der Waals surface area contributed by atoms with E-state index in [0.717, 1.165) is 50.3 Å². The molecule has 20 heavy (non-hydrogen) atoms. The second kappa shape index (κ2) is 8.21. The van der Waals surface area contributed by atoms with E-state index >= 15 is 0 Å². The van der Waals surface area contributed by atoms with Gasteiger partial charge in [-0.25, -0.2) is 9.78 Å². The molecule has 2 rings (SSSR count). The normalized spacial score (nSPS) is 19.4. The molecule has 6 heteroatoms. The summed E-state index contributed by atoms with van der Waals surface area (Å²) >= 11 is 1.72. The van der Waals surface area contributed by atoms with Crippen LogP contribution in [0.2, 0.25) is 0 Å². The lowest BCUT2D eigenvalue weighted by Crippen LogP contribution is -2.42. The van der Waals surface area contributed by atoms with Gasteiger partial charge in [-0.2, -0.15) is 0 Å². The predicted octanol–water partition coefficient (Wildman–Crippen LogP) is 2.12. The molecule has 2 heterocycles. The van der Waals surface area contributed by atoms with E-state index in [1.807, 2.05) is 6.20 Å². The van der Waals surface area contributed by atoms with Crippen LogP contribution in [-0.4, -0.2) is 36.8 Å². The number of ether oxygens (including phenoxy) is 1. The van der Waals surface area contributed by atoms with Crippen molar-refractivity contribution in [2.45, 2.75) is 45.1 Å². The number of urea groups is 1. The van der Waals surface area contributed by atoms with Crippen LogP contribution in [0.5, 0.6) is 0 Å². The van der Waals surface area contributed by atoms with Crippen molar-refractivity contribution in [3.8, 4) is 0 Å². The first-order valence-electron chi connectivity index (χ1n) is 7.33. The van der Waals surface area contributed by atoms with Crippen molar-refractivity contribution in [3.05, 3.63) is 16.1 Å². The van der Waals surface area contributed by atoms with Gasteiger partial charge in [-0.05, 0) is 25.7 Å². The van der Waals surface area contributed by atoms with Crippen LogP contribution < -0.4 is 10.6 Å².